The summed E-state index contributed by atoms with van der Waals surface area (Å²) < 4.78 is 137. The van der Waals surface area contributed by atoms with Crippen molar-refractivity contribution in [3.05, 3.63) is 35.4 Å². The molecule has 1 heterocycles. The average Bonchev–Trinajstić information content (AvgIpc) is 3.30. The van der Waals surface area contributed by atoms with E-state index in [1.807, 2.05) is 0 Å². The summed E-state index contributed by atoms with van der Waals surface area (Å²) in [5, 5.41) is -5.68. The van der Waals surface area contributed by atoms with Crippen LogP contribution in [0.1, 0.15) is 30.9 Å². The maximum Gasteiger partial charge on any atom is 0.431 e. The van der Waals surface area contributed by atoms with Gasteiger partial charge in [-0.3, -0.25) is 4.55 Å². The van der Waals surface area contributed by atoms with Crippen LogP contribution in [-0.2, 0) is 31.6 Å². The van der Waals surface area contributed by atoms with E-state index in [-0.39, 0.29) is 12.0 Å². The Morgan fingerprint density at radius 3 is 2.03 bits per heavy atom. The summed E-state index contributed by atoms with van der Waals surface area (Å²) in [4.78, 5) is 0. The Labute approximate surface area is 172 Å². The summed E-state index contributed by atoms with van der Waals surface area (Å²) in [5.41, 5.74) is -0.730. The molecule has 2 saturated carbocycles. The third-order valence-corrected chi connectivity index (χ3v) is 7.42. The van der Waals surface area contributed by atoms with E-state index in [2.05, 4.69) is 0 Å². The quantitative estimate of drug-likeness (QED) is 0.512. The highest BCUT2D eigenvalue weighted by Crippen LogP contribution is 2.62. The lowest BCUT2D eigenvalue weighted by Gasteiger charge is -2.36. The Hall–Kier alpha value is -1.44. The smallest absolute Gasteiger partial charge is 0.340 e. The monoisotopic (exact) mass is 478 g/mol. The first-order valence-electron chi connectivity index (χ1n) is 9.25. The van der Waals surface area contributed by atoms with Crippen LogP contribution in [0.2, 0.25) is 0 Å². The highest BCUT2D eigenvalue weighted by molar-refractivity contribution is 7.87. The van der Waals surface area contributed by atoms with Crippen LogP contribution >= 0.6 is 0 Å². The summed E-state index contributed by atoms with van der Waals surface area (Å²) in [6.45, 7) is 1.38. The largest absolute Gasteiger partial charge is 0.431 e. The van der Waals surface area contributed by atoms with Crippen LogP contribution in [0.15, 0.2) is 24.3 Å². The van der Waals surface area contributed by atoms with Gasteiger partial charge in [-0.05, 0) is 43.7 Å². The number of halogens is 7. The predicted octanol–water partition coefficient (Wildman–Crippen LogP) is 4.43. The van der Waals surface area contributed by atoms with Crippen molar-refractivity contribution < 1.29 is 53.2 Å². The number of fused-ring (bicyclic) bond motifs is 5. The van der Waals surface area contributed by atoms with E-state index in [4.69, 9.17) is 14.0 Å². The van der Waals surface area contributed by atoms with Crippen molar-refractivity contribution in [1.82, 2.24) is 0 Å². The third kappa shape index (κ3) is 3.26. The van der Waals surface area contributed by atoms with E-state index in [0.717, 1.165) is 24.3 Å². The number of hydrogen-bond donors (Lipinski definition) is 1. The lowest BCUT2D eigenvalue weighted by Crippen LogP contribution is -2.55. The van der Waals surface area contributed by atoms with Crippen LogP contribution in [0.4, 0.5) is 30.7 Å². The summed E-state index contributed by atoms with van der Waals surface area (Å²) in [6.07, 6.45) is -6.86. The van der Waals surface area contributed by atoms with E-state index in [1.54, 1.807) is 0 Å². The SMILES string of the molecule is CC1(c2ccc(C(F)(F)F)cc2)OC2C3CC(C2O1)C(C(F)(F)C(F)(F)S(=O)(=O)O)C3. The zero-order chi connectivity index (χ0) is 23.2. The van der Waals surface area contributed by atoms with Gasteiger partial charge in [-0.2, -0.15) is 39.2 Å². The van der Waals surface area contributed by atoms with E-state index in [0.29, 0.717) is 0 Å². The topological polar surface area (TPSA) is 72.8 Å². The van der Waals surface area contributed by atoms with Crippen molar-refractivity contribution in [3.63, 3.8) is 0 Å². The zero-order valence-electron chi connectivity index (χ0n) is 15.7. The molecule has 3 aliphatic rings. The van der Waals surface area contributed by atoms with E-state index in [9.17, 15) is 39.2 Å². The molecule has 1 aliphatic heterocycles. The summed E-state index contributed by atoms with van der Waals surface area (Å²) >= 11 is 0. The minimum atomic E-state index is -6.37. The molecule has 4 rings (SSSR count). The molecular weight excluding hydrogens is 461 g/mol. The van der Waals surface area contributed by atoms with Gasteiger partial charge in [0.2, 0.25) is 0 Å². The molecular formula is C18H17F7O5S. The van der Waals surface area contributed by atoms with Gasteiger partial charge in [0.1, 0.15) is 0 Å². The number of rotatable bonds is 4. The van der Waals surface area contributed by atoms with Crippen LogP contribution in [0.25, 0.3) is 0 Å². The van der Waals surface area contributed by atoms with Gasteiger partial charge in [0, 0.05) is 11.5 Å². The molecule has 0 radical (unpaired) electrons. The van der Waals surface area contributed by atoms with Gasteiger partial charge < -0.3 is 9.47 Å². The molecule has 13 heteroatoms. The van der Waals surface area contributed by atoms with Crippen molar-refractivity contribution in [3.8, 4) is 0 Å². The van der Waals surface area contributed by atoms with Crippen LogP contribution < -0.4 is 0 Å². The Morgan fingerprint density at radius 2 is 1.52 bits per heavy atom. The molecule has 0 spiro atoms. The lowest BCUT2D eigenvalue weighted by molar-refractivity contribution is -0.214. The number of ether oxygens (including phenoxy) is 2. The fourth-order valence-corrected chi connectivity index (χ4v) is 5.52. The molecule has 5 nitrogen and oxygen atoms in total. The molecule has 0 amide bonds. The van der Waals surface area contributed by atoms with Crippen molar-refractivity contribution in [2.45, 2.75) is 55.1 Å². The molecule has 31 heavy (non-hydrogen) atoms. The highest BCUT2D eigenvalue weighted by atomic mass is 32.2. The van der Waals surface area contributed by atoms with Crippen LogP contribution in [-0.4, -0.2) is 36.4 Å². The normalized spacial score (nSPS) is 36.1. The molecule has 0 aromatic heterocycles. The third-order valence-electron chi connectivity index (χ3n) is 6.50. The van der Waals surface area contributed by atoms with Crippen LogP contribution in [0.3, 0.4) is 0 Å². The fraction of sp³-hybridized carbons (Fsp3) is 0.667. The number of alkyl halides is 7. The van der Waals surface area contributed by atoms with Gasteiger partial charge >= 0.3 is 27.5 Å². The molecule has 6 atom stereocenters. The standard InChI is InChI=1S/C18H17F7O5S/c1-15(9-2-4-10(5-3-9)17(21,22)23)29-13-8-6-11(14(13)30-15)12(7-8)16(19,20)18(24,25)31(26,27)28/h2-5,8,11-14H,6-7H2,1H3,(H,26,27,28). The molecule has 1 N–H and O–H groups in total. The van der Waals surface area contributed by atoms with Gasteiger partial charge in [-0.25, -0.2) is 0 Å². The minimum Gasteiger partial charge on any atom is -0.340 e. The van der Waals surface area contributed by atoms with Gasteiger partial charge in [-0.1, -0.05) is 12.1 Å². The van der Waals surface area contributed by atoms with E-state index < -0.39 is 75.2 Å². The van der Waals surface area contributed by atoms with Crippen molar-refractivity contribution >= 4 is 10.1 Å². The molecule has 1 saturated heterocycles. The average molecular weight is 478 g/mol. The molecule has 3 fully saturated rings. The van der Waals surface area contributed by atoms with Crippen LogP contribution in [0, 0.1) is 17.8 Å². The Morgan fingerprint density at radius 1 is 0.968 bits per heavy atom. The molecule has 1 aromatic rings. The molecule has 1 aromatic carbocycles. The summed E-state index contributed by atoms with van der Waals surface area (Å²) in [7, 11) is -6.37. The second-order valence-electron chi connectivity index (χ2n) is 8.30. The van der Waals surface area contributed by atoms with Crippen molar-refractivity contribution in [2.24, 2.45) is 17.8 Å². The number of benzene rings is 1. The van der Waals surface area contributed by atoms with Crippen molar-refractivity contribution in [1.29, 1.82) is 0 Å². The predicted molar refractivity (Wildman–Crippen MR) is 89.7 cm³/mol. The maximum absolute atomic E-state index is 14.5. The van der Waals surface area contributed by atoms with Gasteiger partial charge in [0.25, 0.3) is 0 Å². The second kappa shape index (κ2) is 6.55. The highest BCUT2D eigenvalue weighted by Gasteiger charge is 2.75. The first kappa shape index (κ1) is 22.7. The number of hydrogen-bond acceptors (Lipinski definition) is 4. The Kier molecular flexibility index (Phi) is 4.80. The molecule has 2 bridgehead atoms. The van der Waals surface area contributed by atoms with Crippen molar-refractivity contribution in [2.75, 3.05) is 0 Å². The Balaban J connectivity index is 1.58. The molecule has 6 unspecified atom stereocenters. The van der Waals surface area contributed by atoms with Gasteiger partial charge in [-0.15, -0.1) is 0 Å². The maximum atomic E-state index is 14.5. The first-order valence-corrected chi connectivity index (χ1v) is 10.7. The minimum absolute atomic E-state index is 0.0280. The Bertz CT molecular complexity index is 978. The van der Waals surface area contributed by atoms with Gasteiger partial charge in [0.15, 0.2) is 5.79 Å². The van der Waals surface area contributed by atoms with Gasteiger partial charge in [0.05, 0.1) is 17.8 Å². The zero-order valence-corrected chi connectivity index (χ0v) is 16.6. The van der Waals surface area contributed by atoms with E-state index in [1.165, 1.54) is 6.92 Å². The second-order valence-corrected chi connectivity index (χ2v) is 9.77. The summed E-state index contributed by atoms with van der Waals surface area (Å²) in [6, 6.07) is 3.84. The lowest BCUT2D eigenvalue weighted by atomic mass is 9.81. The first-order chi connectivity index (χ1) is 14.0. The van der Waals surface area contributed by atoms with E-state index >= 15 is 0 Å². The molecule has 2 aliphatic carbocycles. The fourth-order valence-electron chi connectivity index (χ4n) is 5.02. The summed E-state index contributed by atoms with van der Waals surface area (Å²) in [5.74, 6) is -10.6. The molecule has 174 valence electrons. The van der Waals surface area contributed by atoms with Crippen LogP contribution in [0.5, 0.6) is 0 Å².